The van der Waals surface area contributed by atoms with Crippen molar-refractivity contribution >= 4 is 23.2 Å². The van der Waals surface area contributed by atoms with E-state index in [0.717, 1.165) is 12.1 Å². The molecule has 0 bridgehead atoms. The van der Waals surface area contributed by atoms with Crippen LogP contribution in [0.15, 0.2) is 29.0 Å². The fourth-order valence-electron chi connectivity index (χ4n) is 6.22. The number of hydrogen-bond acceptors (Lipinski definition) is 10. The number of primary amides is 1. The van der Waals surface area contributed by atoms with Crippen molar-refractivity contribution in [3.63, 3.8) is 0 Å². The highest BCUT2D eigenvalue weighted by Crippen LogP contribution is 2.52. The number of nitrogens with one attached hydrogen (secondary N) is 2. The molecule has 3 aliphatic carbocycles. The minimum absolute atomic E-state index is 0.0924. The fraction of sp³-hybridized carbons (Fsp3) is 0.500. The first-order chi connectivity index (χ1) is 17.4. The Balaban J connectivity index is 1.88. The number of nitrogens with zero attached hydrogens (tertiary/aromatic N) is 2. The van der Waals surface area contributed by atoms with Crippen LogP contribution in [-0.4, -0.2) is 86.6 Å². The topological polar surface area (TPSA) is 183 Å². The Kier molecular flexibility index (Phi) is 6.93. The van der Waals surface area contributed by atoms with Gasteiger partial charge in [-0.25, -0.2) is 5.01 Å². The molecule has 0 aliphatic heterocycles. The van der Waals surface area contributed by atoms with E-state index in [4.69, 9.17) is 11.1 Å². The number of phenols is 1. The number of fused-ring (bicyclic) bond motifs is 3. The highest BCUT2D eigenvalue weighted by molar-refractivity contribution is 6.33. The summed E-state index contributed by atoms with van der Waals surface area (Å²) in [6.45, 7) is 5.93. The summed E-state index contributed by atoms with van der Waals surface area (Å²) in [5.74, 6) is -4.67. The van der Waals surface area contributed by atoms with E-state index in [2.05, 4.69) is 5.43 Å². The molecule has 1 fully saturated rings. The number of aliphatic hydroxyl groups is 3. The average Bonchev–Trinajstić information content (AvgIpc) is 2.82. The number of aromatic hydroxyl groups is 1. The second-order valence-electron chi connectivity index (χ2n) is 10.1. The van der Waals surface area contributed by atoms with Gasteiger partial charge in [-0.3, -0.25) is 19.9 Å². The molecule has 37 heavy (non-hydrogen) atoms. The number of hydrogen-bond donors (Lipinski definition) is 7. The summed E-state index contributed by atoms with van der Waals surface area (Å²) in [5.41, 5.74) is 6.43. The number of Topliss-reactive ketones (excluding diaryl/α,β-unsaturated/α-hetero) is 1. The van der Waals surface area contributed by atoms with E-state index in [1.165, 1.54) is 6.07 Å². The summed E-state index contributed by atoms with van der Waals surface area (Å²) in [4.78, 5) is 27.6. The first-order valence-electron chi connectivity index (χ1n) is 12.4. The molecule has 1 saturated carbocycles. The van der Waals surface area contributed by atoms with Gasteiger partial charge in [-0.2, -0.15) is 0 Å². The van der Waals surface area contributed by atoms with Crippen LogP contribution in [0.2, 0.25) is 0 Å². The quantitative estimate of drug-likeness (QED) is 0.259. The number of carbonyl (C=O) groups excluding carboxylic acids is 2. The SMILES string of the molecule is CCNN(CC)Cc1ccc(O)c2c1C[C@H]1C[C@H]3[C@H](N(C)C)C(O)=C(C(N)=O)C(=N)[C@@]3(O)C(=O)C1=C2O. The largest absolute Gasteiger partial charge is 0.510 e. The minimum Gasteiger partial charge on any atom is -0.510 e. The molecule has 8 N–H and O–H groups in total. The van der Waals surface area contributed by atoms with Gasteiger partial charge in [0.2, 0.25) is 5.78 Å². The number of carbonyl (C=O) groups is 2. The zero-order valence-electron chi connectivity index (χ0n) is 21.5. The van der Waals surface area contributed by atoms with Gasteiger partial charge >= 0.3 is 0 Å². The minimum atomic E-state index is -2.49. The van der Waals surface area contributed by atoms with Crippen LogP contribution in [0.1, 0.15) is 37.0 Å². The lowest BCUT2D eigenvalue weighted by Crippen LogP contribution is -2.67. The zero-order valence-corrected chi connectivity index (χ0v) is 21.5. The van der Waals surface area contributed by atoms with Crippen LogP contribution in [0.4, 0.5) is 0 Å². The Morgan fingerprint density at radius 1 is 1.24 bits per heavy atom. The third-order valence-corrected chi connectivity index (χ3v) is 7.88. The van der Waals surface area contributed by atoms with Gasteiger partial charge in [-0.1, -0.05) is 19.9 Å². The van der Waals surface area contributed by atoms with Crippen LogP contribution in [0.5, 0.6) is 5.75 Å². The molecule has 1 amide bonds. The van der Waals surface area contributed by atoms with E-state index in [0.29, 0.717) is 25.1 Å². The van der Waals surface area contributed by atoms with Gasteiger partial charge in [0, 0.05) is 31.1 Å². The van der Waals surface area contributed by atoms with Gasteiger partial charge in [0.05, 0.1) is 17.3 Å². The predicted molar refractivity (Wildman–Crippen MR) is 137 cm³/mol. The third kappa shape index (κ3) is 3.93. The molecule has 0 aromatic heterocycles. The number of amides is 1. The normalized spacial score (nSPS) is 27.5. The van der Waals surface area contributed by atoms with Gasteiger partial charge < -0.3 is 31.6 Å². The van der Waals surface area contributed by atoms with Crippen LogP contribution in [0, 0.1) is 17.2 Å². The maximum Gasteiger partial charge on any atom is 0.254 e. The molecule has 3 aliphatic rings. The molecule has 0 heterocycles. The van der Waals surface area contributed by atoms with E-state index >= 15 is 0 Å². The maximum absolute atomic E-state index is 13.9. The van der Waals surface area contributed by atoms with Crippen LogP contribution >= 0.6 is 0 Å². The van der Waals surface area contributed by atoms with Crippen molar-refractivity contribution in [3.8, 4) is 5.75 Å². The molecule has 4 atom stereocenters. The zero-order chi connectivity index (χ0) is 27.4. The van der Waals surface area contributed by atoms with Gasteiger partial charge in [0.15, 0.2) is 5.60 Å². The van der Waals surface area contributed by atoms with Crippen LogP contribution < -0.4 is 11.2 Å². The van der Waals surface area contributed by atoms with Gasteiger partial charge in [0.25, 0.3) is 5.91 Å². The van der Waals surface area contributed by atoms with Gasteiger partial charge in [-0.15, -0.1) is 0 Å². The molecule has 11 nitrogen and oxygen atoms in total. The highest BCUT2D eigenvalue weighted by Gasteiger charge is 2.63. The number of aliphatic hydroxyl groups excluding tert-OH is 2. The third-order valence-electron chi connectivity index (χ3n) is 7.88. The van der Waals surface area contributed by atoms with Crippen molar-refractivity contribution < 1.29 is 30.0 Å². The van der Waals surface area contributed by atoms with Crippen molar-refractivity contribution in [1.82, 2.24) is 15.3 Å². The van der Waals surface area contributed by atoms with Crippen molar-refractivity contribution in [1.29, 1.82) is 5.41 Å². The smallest absolute Gasteiger partial charge is 0.254 e. The Labute approximate surface area is 215 Å². The Morgan fingerprint density at radius 3 is 2.49 bits per heavy atom. The van der Waals surface area contributed by atoms with E-state index in [1.807, 2.05) is 18.9 Å². The monoisotopic (exact) mass is 513 g/mol. The first kappa shape index (κ1) is 26.8. The van der Waals surface area contributed by atoms with Crippen molar-refractivity contribution in [3.05, 3.63) is 45.7 Å². The van der Waals surface area contributed by atoms with Crippen molar-refractivity contribution in [2.45, 2.75) is 44.9 Å². The number of hydrazine groups is 1. The Morgan fingerprint density at radius 2 is 1.92 bits per heavy atom. The lowest BCUT2D eigenvalue weighted by molar-refractivity contribution is -0.138. The summed E-state index contributed by atoms with van der Waals surface area (Å²) < 4.78 is 0. The molecule has 0 radical (unpaired) electrons. The van der Waals surface area contributed by atoms with Crippen LogP contribution in [0.25, 0.3) is 5.76 Å². The van der Waals surface area contributed by atoms with E-state index in [9.17, 15) is 30.0 Å². The first-order valence-corrected chi connectivity index (χ1v) is 12.4. The second kappa shape index (κ2) is 9.56. The number of likely N-dealkylation sites (N-methyl/N-ethyl adjacent to an activating group) is 1. The van der Waals surface area contributed by atoms with Crippen LogP contribution in [-0.2, 0) is 22.6 Å². The second-order valence-corrected chi connectivity index (χ2v) is 10.1. The van der Waals surface area contributed by atoms with Gasteiger partial charge in [0.1, 0.15) is 22.8 Å². The standard InChI is InChI=1S/C26H35N5O6/c1-5-29-31(6-2)11-12-7-8-16(32)18-14(12)9-13-10-15-20(30(3)4)22(34)19(25(28)36)23(27)26(15,37)24(35)17(13)21(18)33/h7-8,13,15,20,27,29,32-34,37H,5-6,9-11H2,1-4H3,(H2,28,36)/t13-,15-,20-,26+/m0/s1. The maximum atomic E-state index is 13.9. The lowest BCUT2D eigenvalue weighted by Gasteiger charge is -2.51. The molecule has 0 spiro atoms. The summed E-state index contributed by atoms with van der Waals surface area (Å²) in [6.07, 6.45) is 0.448. The van der Waals surface area contributed by atoms with E-state index < -0.39 is 58.0 Å². The molecule has 200 valence electrons. The van der Waals surface area contributed by atoms with E-state index in [1.54, 1.807) is 25.1 Å². The highest BCUT2D eigenvalue weighted by atomic mass is 16.3. The fourth-order valence-corrected chi connectivity index (χ4v) is 6.22. The molecule has 1 aromatic rings. The summed E-state index contributed by atoms with van der Waals surface area (Å²) in [5, 5.41) is 55.2. The number of ketones is 1. The lowest BCUT2D eigenvalue weighted by atomic mass is 9.56. The molecule has 0 unspecified atom stereocenters. The molecular formula is C26H35N5O6. The number of nitrogens with two attached hydrogens (primary N) is 1. The molecule has 0 saturated heterocycles. The summed E-state index contributed by atoms with van der Waals surface area (Å²) >= 11 is 0. The number of rotatable bonds is 7. The molecule has 1 aromatic carbocycles. The van der Waals surface area contributed by atoms with E-state index in [-0.39, 0.29) is 23.3 Å². The molecule has 11 heteroatoms. The predicted octanol–water partition coefficient (Wildman–Crippen LogP) is 0.761. The van der Waals surface area contributed by atoms with Gasteiger partial charge in [-0.05, 0) is 50.0 Å². The van der Waals surface area contributed by atoms with Crippen LogP contribution in [0.3, 0.4) is 0 Å². The molecular weight excluding hydrogens is 478 g/mol. The summed E-state index contributed by atoms with van der Waals surface area (Å²) in [6, 6.07) is 2.30. The number of benzene rings is 1. The Hall–Kier alpha value is -3.25. The number of phenolic OH excluding ortho intramolecular Hbond substituents is 1. The van der Waals surface area contributed by atoms with Crippen molar-refractivity contribution in [2.24, 2.45) is 17.6 Å². The molecule has 4 rings (SSSR count). The Bertz CT molecular complexity index is 1240. The van der Waals surface area contributed by atoms with Crippen molar-refractivity contribution in [2.75, 3.05) is 27.2 Å². The average molecular weight is 514 g/mol. The summed E-state index contributed by atoms with van der Waals surface area (Å²) in [7, 11) is 3.27.